The first-order valence-electron chi connectivity index (χ1n) is 12.3. The van der Waals surface area contributed by atoms with E-state index in [1.165, 1.54) is 14.0 Å². The van der Waals surface area contributed by atoms with Crippen molar-refractivity contribution in [3.8, 4) is 0 Å². The van der Waals surface area contributed by atoms with Crippen molar-refractivity contribution in [2.24, 2.45) is 11.1 Å². The van der Waals surface area contributed by atoms with Crippen molar-refractivity contribution in [2.45, 2.75) is 58.9 Å². The van der Waals surface area contributed by atoms with Crippen LogP contribution in [0, 0.1) is 5.92 Å². The van der Waals surface area contributed by atoms with Gasteiger partial charge in [-0.15, -0.1) is 0 Å². The van der Waals surface area contributed by atoms with E-state index in [9.17, 15) is 19.2 Å². The zero-order valence-electron chi connectivity index (χ0n) is 20.8. The summed E-state index contributed by atoms with van der Waals surface area (Å²) in [6, 6.07) is 11.2. The number of methoxy groups -OCH3 is 1. The molecule has 188 valence electrons. The molecule has 0 amide bonds. The van der Waals surface area contributed by atoms with Crippen LogP contribution in [-0.4, -0.2) is 40.9 Å². The number of hydrogen-bond donors (Lipinski definition) is 0. The van der Waals surface area contributed by atoms with E-state index >= 15 is 0 Å². The van der Waals surface area contributed by atoms with Crippen LogP contribution in [0.25, 0.3) is 21.8 Å². The van der Waals surface area contributed by atoms with Gasteiger partial charge in [-0.1, -0.05) is 18.0 Å². The molecule has 1 fully saturated rings. The molecule has 2 aromatic carbocycles. The van der Waals surface area contributed by atoms with Crippen LogP contribution in [0.15, 0.2) is 41.6 Å². The van der Waals surface area contributed by atoms with Crippen molar-refractivity contribution in [1.82, 2.24) is 4.57 Å². The highest BCUT2D eigenvalue weighted by Gasteiger charge is 2.25. The number of fused-ring (bicyclic) bond motifs is 3. The van der Waals surface area contributed by atoms with E-state index in [1.54, 1.807) is 12.1 Å². The zero-order valence-corrected chi connectivity index (χ0v) is 20.8. The Bertz CT molecular complexity index is 1380. The monoisotopic (exact) mass is 490 g/mol. The molecule has 0 bridgehead atoms. The van der Waals surface area contributed by atoms with Crippen LogP contribution < -0.4 is 0 Å². The first kappa shape index (κ1) is 25.3. The maximum absolute atomic E-state index is 13.3. The number of ether oxygens (including phenoxy) is 1. The Labute approximate surface area is 209 Å². The van der Waals surface area contributed by atoms with Gasteiger partial charge in [0.05, 0.1) is 13.5 Å². The second kappa shape index (κ2) is 10.8. The predicted molar refractivity (Wildman–Crippen MR) is 136 cm³/mol. The van der Waals surface area contributed by atoms with Gasteiger partial charge in [0, 0.05) is 58.7 Å². The van der Waals surface area contributed by atoms with Crippen LogP contribution in [0.1, 0.15) is 73.1 Å². The zero-order chi connectivity index (χ0) is 25.8. The molecule has 4 rings (SSSR count). The summed E-state index contributed by atoms with van der Waals surface area (Å²) in [5.74, 6) is -1.36. The molecule has 1 aliphatic carbocycles. The molecule has 8 heteroatoms. The van der Waals surface area contributed by atoms with E-state index < -0.39 is 17.7 Å². The Morgan fingerprint density at radius 2 is 1.56 bits per heavy atom. The lowest BCUT2D eigenvalue weighted by Gasteiger charge is -2.08. The van der Waals surface area contributed by atoms with E-state index in [1.807, 2.05) is 31.2 Å². The molecule has 0 N–H and O–H groups in total. The normalized spacial score (nSPS) is 14.4. The minimum atomic E-state index is -0.667. The molecule has 36 heavy (non-hydrogen) atoms. The van der Waals surface area contributed by atoms with Gasteiger partial charge in [0.1, 0.15) is 5.71 Å². The molecular formula is C28H30N2O6. The number of aromatic nitrogens is 1. The highest BCUT2D eigenvalue weighted by molar-refractivity contribution is 6.46. The molecule has 1 aliphatic rings. The Morgan fingerprint density at radius 3 is 2.14 bits per heavy atom. The van der Waals surface area contributed by atoms with E-state index in [0.29, 0.717) is 11.1 Å². The smallest absolute Gasteiger partial charge is 0.331 e. The Kier molecular flexibility index (Phi) is 7.62. The summed E-state index contributed by atoms with van der Waals surface area (Å²) < 4.78 is 6.80. The Morgan fingerprint density at radius 1 is 0.944 bits per heavy atom. The molecular weight excluding hydrogens is 460 g/mol. The van der Waals surface area contributed by atoms with Crippen LogP contribution >= 0.6 is 0 Å². The van der Waals surface area contributed by atoms with Gasteiger partial charge in [-0.2, -0.15) is 0 Å². The van der Waals surface area contributed by atoms with Crippen LogP contribution in [0.2, 0.25) is 0 Å². The fraction of sp³-hybridized carbons (Fsp3) is 0.393. The van der Waals surface area contributed by atoms with Gasteiger partial charge in [0.2, 0.25) is 5.78 Å². The average Bonchev–Trinajstić information content (AvgIpc) is 3.53. The van der Waals surface area contributed by atoms with E-state index in [4.69, 9.17) is 4.84 Å². The maximum Gasteiger partial charge on any atom is 0.331 e. The average molecular weight is 491 g/mol. The summed E-state index contributed by atoms with van der Waals surface area (Å²) in [6.07, 6.45) is 3.93. The molecule has 0 spiro atoms. The number of esters is 1. The van der Waals surface area contributed by atoms with Crippen molar-refractivity contribution >= 4 is 51.0 Å². The Balaban J connectivity index is 1.76. The van der Waals surface area contributed by atoms with Gasteiger partial charge in [0.15, 0.2) is 5.78 Å². The molecule has 0 radical (unpaired) electrons. The number of Topliss-reactive ketones (excluding diaryl/α,β-unsaturated/α-hetero) is 2. The number of benzene rings is 2. The van der Waals surface area contributed by atoms with Gasteiger partial charge in [-0.3, -0.25) is 14.4 Å². The van der Waals surface area contributed by atoms with E-state index in [0.717, 1.165) is 54.0 Å². The summed E-state index contributed by atoms with van der Waals surface area (Å²) in [7, 11) is 1.26. The summed E-state index contributed by atoms with van der Waals surface area (Å²) in [5.41, 5.74) is 2.92. The predicted octanol–water partition coefficient (Wildman–Crippen LogP) is 5.24. The third-order valence-corrected chi connectivity index (χ3v) is 6.79. The fourth-order valence-electron chi connectivity index (χ4n) is 4.97. The number of carbonyl (C=O) groups excluding carboxylic acids is 4. The molecule has 0 unspecified atom stereocenters. The van der Waals surface area contributed by atoms with Gasteiger partial charge in [-0.25, -0.2) is 4.79 Å². The second-order valence-corrected chi connectivity index (χ2v) is 9.08. The SMILES string of the molecule is CCn1c2ccc(C(=O)C(CCC(=O)OC)=NOC(C)=O)cc2c2cc(C(=O)C3CCCC3)ccc21. The Hall–Kier alpha value is -3.81. The molecule has 3 aromatic rings. The summed E-state index contributed by atoms with van der Waals surface area (Å²) in [6.45, 7) is 3.95. The van der Waals surface area contributed by atoms with E-state index in [2.05, 4.69) is 14.5 Å². The standard InChI is InChI=1S/C28H30N2O6/c1-4-30-24-12-9-19(27(33)18-7-5-6-8-18)15-21(24)22-16-20(10-13-25(22)30)28(34)23(29-36-17(2)31)11-14-26(32)35-3/h9-10,12-13,15-16,18H,4-8,11,14H2,1-3H3. The largest absolute Gasteiger partial charge is 0.469 e. The maximum atomic E-state index is 13.3. The second-order valence-electron chi connectivity index (χ2n) is 9.08. The topological polar surface area (TPSA) is 104 Å². The number of aryl methyl sites for hydroxylation is 1. The van der Waals surface area contributed by atoms with Gasteiger partial charge in [-0.05, 0) is 56.2 Å². The molecule has 8 nitrogen and oxygen atoms in total. The summed E-state index contributed by atoms with van der Waals surface area (Å²) >= 11 is 0. The number of ketones is 2. The summed E-state index contributed by atoms with van der Waals surface area (Å²) in [4.78, 5) is 54.0. The lowest BCUT2D eigenvalue weighted by atomic mass is 9.95. The number of oxime groups is 1. The van der Waals surface area contributed by atoms with Crippen molar-refractivity contribution < 1.29 is 28.8 Å². The molecule has 0 saturated heterocycles. The highest BCUT2D eigenvalue weighted by Crippen LogP contribution is 2.33. The van der Waals surface area contributed by atoms with Crippen LogP contribution in [0.4, 0.5) is 0 Å². The van der Waals surface area contributed by atoms with Crippen molar-refractivity contribution in [1.29, 1.82) is 0 Å². The number of rotatable bonds is 9. The quantitative estimate of drug-likeness (QED) is 0.134. The number of hydrogen-bond acceptors (Lipinski definition) is 7. The fourth-order valence-corrected chi connectivity index (χ4v) is 4.97. The molecule has 1 saturated carbocycles. The third-order valence-electron chi connectivity index (χ3n) is 6.79. The minimum Gasteiger partial charge on any atom is -0.469 e. The van der Waals surface area contributed by atoms with Crippen molar-refractivity contribution in [2.75, 3.05) is 7.11 Å². The van der Waals surface area contributed by atoms with Crippen molar-refractivity contribution in [3.05, 3.63) is 47.5 Å². The molecule has 0 atom stereocenters. The van der Waals surface area contributed by atoms with Gasteiger partial charge < -0.3 is 14.1 Å². The van der Waals surface area contributed by atoms with Crippen LogP contribution in [0.5, 0.6) is 0 Å². The van der Waals surface area contributed by atoms with E-state index in [-0.39, 0.29) is 30.3 Å². The van der Waals surface area contributed by atoms with Crippen molar-refractivity contribution in [3.63, 3.8) is 0 Å². The molecule has 0 aliphatic heterocycles. The van der Waals surface area contributed by atoms with Crippen LogP contribution in [-0.2, 0) is 25.7 Å². The number of carbonyl (C=O) groups is 4. The highest BCUT2D eigenvalue weighted by atomic mass is 16.7. The third kappa shape index (κ3) is 5.08. The minimum absolute atomic E-state index is 0.0341. The number of nitrogens with zero attached hydrogens (tertiary/aromatic N) is 2. The first-order chi connectivity index (χ1) is 17.3. The molecule has 1 heterocycles. The van der Waals surface area contributed by atoms with Gasteiger partial charge >= 0.3 is 11.9 Å². The van der Waals surface area contributed by atoms with Crippen LogP contribution in [0.3, 0.4) is 0 Å². The summed E-state index contributed by atoms with van der Waals surface area (Å²) in [5, 5.41) is 5.46. The first-order valence-corrected chi connectivity index (χ1v) is 12.3. The lowest BCUT2D eigenvalue weighted by Crippen LogP contribution is -2.17. The molecule has 1 aromatic heterocycles. The lowest BCUT2D eigenvalue weighted by molar-refractivity contribution is -0.141. The van der Waals surface area contributed by atoms with Gasteiger partial charge in [0.25, 0.3) is 0 Å².